The fourth-order valence-corrected chi connectivity index (χ4v) is 10.4. The molecule has 2 nitrogen and oxygen atoms in total. The summed E-state index contributed by atoms with van der Waals surface area (Å²) in [6.45, 7) is 9.80. The fraction of sp³-hybridized carbons (Fsp3) is 0.868. The Morgan fingerprint density at radius 1 is 0.750 bits per heavy atom. The van der Waals surface area contributed by atoms with Crippen LogP contribution in [0, 0.1) is 41.4 Å². The van der Waals surface area contributed by atoms with Gasteiger partial charge < -0.3 is 5.32 Å². The molecule has 4 saturated carbocycles. The molecule has 9 unspecified atom stereocenters. The molecule has 1 aromatic rings. The normalized spacial score (nSPS) is 36.5. The number of hydrogen-bond donors (Lipinski definition) is 1. The van der Waals surface area contributed by atoms with Gasteiger partial charge in [0.1, 0.15) is 0 Å². The quantitative estimate of drug-likeness (QED) is 0.297. The molecule has 2 heteroatoms. The zero-order valence-electron chi connectivity index (χ0n) is 26.9. The minimum Gasteiger partial charge on any atom is -0.305 e. The minimum absolute atomic E-state index is 0.423. The molecule has 1 aromatic heterocycles. The summed E-state index contributed by atoms with van der Waals surface area (Å²) in [4.78, 5) is 5.73. The summed E-state index contributed by atoms with van der Waals surface area (Å²) < 4.78 is 0. The monoisotopic (exact) mass is 549 g/mol. The van der Waals surface area contributed by atoms with E-state index >= 15 is 0 Å². The highest BCUT2D eigenvalue weighted by Crippen LogP contribution is 2.49. The maximum absolute atomic E-state index is 5.73. The van der Waals surface area contributed by atoms with Crippen LogP contribution in [0.1, 0.15) is 173 Å². The van der Waals surface area contributed by atoms with E-state index < -0.39 is 0 Å². The lowest BCUT2D eigenvalue weighted by Gasteiger charge is -2.46. The van der Waals surface area contributed by atoms with Crippen LogP contribution in [0.3, 0.4) is 0 Å². The van der Waals surface area contributed by atoms with Crippen LogP contribution in [0.4, 0.5) is 0 Å². The summed E-state index contributed by atoms with van der Waals surface area (Å²) in [6.07, 6.45) is 26.8. The molecule has 0 saturated heterocycles. The van der Waals surface area contributed by atoms with Crippen molar-refractivity contribution in [2.45, 2.75) is 168 Å². The first-order valence-electron chi connectivity index (χ1n) is 18.4. The lowest BCUT2D eigenvalue weighted by atomic mass is 9.64. The van der Waals surface area contributed by atoms with E-state index in [1.54, 1.807) is 0 Å². The number of pyridine rings is 1. The number of nitrogens with zero attached hydrogens (tertiary/aromatic N) is 1. The Hall–Kier alpha value is -0.890. The summed E-state index contributed by atoms with van der Waals surface area (Å²) in [6, 6.07) is 8.37. The molecule has 0 aromatic carbocycles. The van der Waals surface area contributed by atoms with Crippen LogP contribution < -0.4 is 5.32 Å². The molecule has 0 spiro atoms. The largest absolute Gasteiger partial charge is 0.305 e. The first-order valence-corrected chi connectivity index (χ1v) is 18.4. The summed E-state index contributed by atoms with van der Waals surface area (Å²) in [5, 5.41) is 4.54. The highest BCUT2D eigenvalue weighted by atomic mass is 15.0. The second kappa shape index (κ2) is 15.0. The highest BCUT2D eigenvalue weighted by molar-refractivity contribution is 5.21. The SMILES string of the molecule is CCCC1CCCC(CCC)C1NC(c1cccc(C2CCCC3CCCCC32)n1)C1CCCCC1C(C)CC. The molecule has 4 fully saturated rings. The van der Waals surface area contributed by atoms with Crippen molar-refractivity contribution in [3.8, 4) is 0 Å². The average Bonchev–Trinajstić information content (AvgIpc) is 3.00. The van der Waals surface area contributed by atoms with Crippen molar-refractivity contribution in [2.24, 2.45) is 41.4 Å². The second-order valence-electron chi connectivity index (χ2n) is 14.9. The van der Waals surface area contributed by atoms with E-state index in [0.29, 0.717) is 18.0 Å². The molecule has 5 rings (SSSR count). The van der Waals surface area contributed by atoms with Crippen LogP contribution in [0.15, 0.2) is 18.2 Å². The average molecular weight is 549 g/mol. The number of rotatable bonds is 11. The van der Waals surface area contributed by atoms with Crippen molar-refractivity contribution in [1.82, 2.24) is 10.3 Å². The van der Waals surface area contributed by atoms with Crippen molar-refractivity contribution >= 4 is 0 Å². The van der Waals surface area contributed by atoms with Crippen molar-refractivity contribution < 1.29 is 0 Å². The summed E-state index contributed by atoms with van der Waals surface area (Å²) in [5.74, 6) is 6.60. The molecule has 4 aliphatic rings. The van der Waals surface area contributed by atoms with E-state index in [9.17, 15) is 0 Å². The Balaban J connectivity index is 1.49. The van der Waals surface area contributed by atoms with Gasteiger partial charge in [0.15, 0.2) is 0 Å². The van der Waals surface area contributed by atoms with Gasteiger partial charge in [-0.15, -0.1) is 0 Å². The standard InChI is InChI=1S/C38H64N2/c1-5-15-29-19-12-20-30(16-6-2)37(29)40-38(34-23-11-10-21-31(34)27(4)7-3)36-26-14-25-35(39-36)33-24-13-18-28-17-8-9-22-32(28)33/h14,25-34,37-38,40H,5-13,15-24H2,1-4H3. The van der Waals surface area contributed by atoms with Crippen LogP contribution >= 0.6 is 0 Å². The van der Waals surface area contributed by atoms with Crippen molar-refractivity contribution in [3.05, 3.63) is 29.6 Å². The maximum Gasteiger partial charge on any atom is 0.0579 e. The lowest BCUT2D eigenvalue weighted by molar-refractivity contribution is 0.0859. The Labute approximate surface area is 248 Å². The molecule has 0 radical (unpaired) electrons. The number of hydrogen-bond acceptors (Lipinski definition) is 2. The topological polar surface area (TPSA) is 24.9 Å². The Bertz CT molecular complexity index is 860. The molecule has 1 heterocycles. The Morgan fingerprint density at radius 2 is 1.40 bits per heavy atom. The van der Waals surface area contributed by atoms with Gasteiger partial charge in [-0.2, -0.15) is 0 Å². The van der Waals surface area contributed by atoms with Crippen LogP contribution in [0.25, 0.3) is 0 Å². The third kappa shape index (κ3) is 7.01. The highest BCUT2D eigenvalue weighted by Gasteiger charge is 2.41. The minimum atomic E-state index is 0.423. The Kier molecular flexibility index (Phi) is 11.5. The predicted octanol–water partition coefficient (Wildman–Crippen LogP) is 11.0. The summed E-state index contributed by atoms with van der Waals surface area (Å²) in [5.41, 5.74) is 2.86. The van der Waals surface area contributed by atoms with E-state index in [2.05, 4.69) is 51.2 Å². The number of fused-ring (bicyclic) bond motifs is 1. The van der Waals surface area contributed by atoms with E-state index in [-0.39, 0.29) is 0 Å². The van der Waals surface area contributed by atoms with Crippen LogP contribution in [0.5, 0.6) is 0 Å². The molecule has 9 atom stereocenters. The molecule has 0 aliphatic heterocycles. The molecule has 1 N–H and O–H groups in total. The van der Waals surface area contributed by atoms with Crippen molar-refractivity contribution in [2.75, 3.05) is 0 Å². The van der Waals surface area contributed by atoms with Crippen LogP contribution in [-0.4, -0.2) is 11.0 Å². The van der Waals surface area contributed by atoms with Crippen molar-refractivity contribution in [3.63, 3.8) is 0 Å². The van der Waals surface area contributed by atoms with Gasteiger partial charge in [0.25, 0.3) is 0 Å². The smallest absolute Gasteiger partial charge is 0.0579 e. The molecule has 0 bridgehead atoms. The van der Waals surface area contributed by atoms with Gasteiger partial charge in [-0.05, 0) is 105 Å². The molecule has 4 aliphatic carbocycles. The number of nitrogens with one attached hydrogen (secondary N) is 1. The third-order valence-electron chi connectivity index (χ3n) is 12.6. The first-order chi connectivity index (χ1) is 19.6. The summed E-state index contributed by atoms with van der Waals surface area (Å²) >= 11 is 0. The molecule has 226 valence electrons. The van der Waals surface area contributed by atoms with Crippen molar-refractivity contribution in [1.29, 1.82) is 0 Å². The molecule has 40 heavy (non-hydrogen) atoms. The molecule has 0 amide bonds. The fourth-order valence-electron chi connectivity index (χ4n) is 10.4. The third-order valence-corrected chi connectivity index (χ3v) is 12.6. The predicted molar refractivity (Wildman–Crippen MR) is 171 cm³/mol. The van der Waals surface area contributed by atoms with E-state index in [4.69, 9.17) is 4.98 Å². The first kappa shape index (κ1) is 30.6. The van der Waals surface area contributed by atoms with Gasteiger partial charge in [-0.25, -0.2) is 0 Å². The van der Waals surface area contributed by atoms with Crippen LogP contribution in [0.2, 0.25) is 0 Å². The van der Waals surface area contributed by atoms with Gasteiger partial charge in [-0.3, -0.25) is 4.98 Å². The van der Waals surface area contributed by atoms with Gasteiger partial charge in [-0.1, -0.05) is 104 Å². The van der Waals surface area contributed by atoms with Gasteiger partial charge in [0.2, 0.25) is 0 Å². The van der Waals surface area contributed by atoms with E-state index in [0.717, 1.165) is 41.4 Å². The maximum atomic E-state index is 5.73. The molecular weight excluding hydrogens is 484 g/mol. The van der Waals surface area contributed by atoms with Crippen LogP contribution in [-0.2, 0) is 0 Å². The zero-order valence-corrected chi connectivity index (χ0v) is 26.9. The van der Waals surface area contributed by atoms with Gasteiger partial charge in [0, 0.05) is 17.7 Å². The van der Waals surface area contributed by atoms with Gasteiger partial charge in [0.05, 0.1) is 11.7 Å². The zero-order chi connectivity index (χ0) is 27.9. The van der Waals surface area contributed by atoms with Gasteiger partial charge >= 0.3 is 0 Å². The lowest BCUT2D eigenvalue weighted by Crippen LogP contribution is -2.49. The second-order valence-corrected chi connectivity index (χ2v) is 14.9. The molecular formula is C38H64N2. The number of aromatic nitrogens is 1. The van der Waals surface area contributed by atoms with E-state index in [1.165, 1.54) is 133 Å². The van der Waals surface area contributed by atoms with E-state index in [1.807, 2.05) is 0 Å². The summed E-state index contributed by atoms with van der Waals surface area (Å²) in [7, 11) is 0. The Morgan fingerprint density at radius 3 is 2.12 bits per heavy atom.